The van der Waals surface area contributed by atoms with Crippen LogP contribution in [0.5, 0.6) is 5.75 Å². The van der Waals surface area contributed by atoms with E-state index in [-0.39, 0.29) is 17.9 Å². The first-order valence-corrected chi connectivity index (χ1v) is 8.23. The van der Waals surface area contributed by atoms with Crippen LogP contribution in [0, 0.1) is 5.82 Å². The molecule has 0 N–H and O–H groups in total. The van der Waals surface area contributed by atoms with Gasteiger partial charge < -0.3 is 14.4 Å². The van der Waals surface area contributed by atoms with Crippen LogP contribution in [0.3, 0.4) is 0 Å². The molecule has 0 aromatic heterocycles. The van der Waals surface area contributed by atoms with Crippen molar-refractivity contribution in [2.24, 2.45) is 0 Å². The van der Waals surface area contributed by atoms with E-state index in [1.54, 1.807) is 31.3 Å². The topological polar surface area (TPSA) is 55.8 Å². The number of likely N-dealkylation sites (N-methyl/N-ethyl adjacent to an activating group) is 1. The molecule has 1 unspecified atom stereocenters. The highest BCUT2D eigenvalue weighted by Gasteiger charge is 2.24. The summed E-state index contributed by atoms with van der Waals surface area (Å²) in [7, 11) is 2.97. The lowest BCUT2D eigenvalue weighted by molar-refractivity contribution is -0.139. The molecule has 0 saturated carbocycles. The van der Waals surface area contributed by atoms with Gasteiger partial charge in [0.25, 0.3) is 5.91 Å². The van der Waals surface area contributed by atoms with Gasteiger partial charge >= 0.3 is 5.97 Å². The SMILES string of the molecule is COc1ccc(Cl)cc1C(=O)OC(C)C(=O)N(C)Cc1cccc(F)c1. The van der Waals surface area contributed by atoms with Crippen LogP contribution < -0.4 is 4.74 Å². The van der Waals surface area contributed by atoms with Crippen LogP contribution in [-0.4, -0.2) is 37.0 Å². The average molecular weight is 380 g/mol. The van der Waals surface area contributed by atoms with Crippen molar-refractivity contribution in [2.45, 2.75) is 19.6 Å². The number of hydrogen-bond acceptors (Lipinski definition) is 4. The number of nitrogens with zero attached hydrogens (tertiary/aromatic N) is 1. The Morgan fingerprint density at radius 2 is 1.96 bits per heavy atom. The van der Waals surface area contributed by atoms with Crippen molar-refractivity contribution in [3.63, 3.8) is 0 Å². The molecule has 138 valence electrons. The number of amides is 1. The van der Waals surface area contributed by atoms with E-state index < -0.39 is 18.0 Å². The van der Waals surface area contributed by atoms with Crippen molar-refractivity contribution in [3.8, 4) is 5.75 Å². The van der Waals surface area contributed by atoms with Crippen molar-refractivity contribution in [3.05, 3.63) is 64.4 Å². The highest BCUT2D eigenvalue weighted by molar-refractivity contribution is 6.31. The first kappa shape index (κ1) is 19.7. The normalized spacial score (nSPS) is 11.6. The first-order valence-electron chi connectivity index (χ1n) is 7.85. The number of carbonyl (C=O) groups is 2. The lowest BCUT2D eigenvalue weighted by Gasteiger charge is -2.22. The van der Waals surface area contributed by atoms with Crippen LogP contribution in [0.4, 0.5) is 4.39 Å². The van der Waals surface area contributed by atoms with Crippen LogP contribution in [0.25, 0.3) is 0 Å². The monoisotopic (exact) mass is 379 g/mol. The van der Waals surface area contributed by atoms with Crippen molar-refractivity contribution >= 4 is 23.5 Å². The van der Waals surface area contributed by atoms with E-state index in [2.05, 4.69) is 0 Å². The van der Waals surface area contributed by atoms with E-state index in [0.717, 1.165) is 0 Å². The molecule has 5 nitrogen and oxygen atoms in total. The fourth-order valence-corrected chi connectivity index (χ4v) is 2.58. The van der Waals surface area contributed by atoms with Crippen molar-refractivity contribution in [1.82, 2.24) is 4.90 Å². The maximum Gasteiger partial charge on any atom is 0.342 e. The number of esters is 1. The molecule has 7 heteroatoms. The van der Waals surface area contributed by atoms with Gasteiger partial charge in [-0.1, -0.05) is 23.7 Å². The number of benzene rings is 2. The standard InChI is InChI=1S/C19H19ClFNO4/c1-12(18(23)22(2)11-13-5-4-6-15(21)9-13)26-19(24)16-10-14(20)7-8-17(16)25-3/h4-10,12H,11H2,1-3H3. The summed E-state index contributed by atoms with van der Waals surface area (Å²) in [6.45, 7) is 1.66. The Morgan fingerprint density at radius 1 is 1.23 bits per heavy atom. The van der Waals surface area contributed by atoms with E-state index in [1.807, 2.05) is 0 Å². The van der Waals surface area contributed by atoms with Gasteiger partial charge in [0.05, 0.1) is 7.11 Å². The summed E-state index contributed by atoms with van der Waals surface area (Å²) < 4.78 is 23.6. The number of rotatable bonds is 6. The summed E-state index contributed by atoms with van der Waals surface area (Å²) in [5.41, 5.74) is 0.767. The van der Waals surface area contributed by atoms with Crippen LogP contribution >= 0.6 is 11.6 Å². The highest BCUT2D eigenvalue weighted by Crippen LogP contribution is 2.24. The molecule has 0 fully saturated rings. The van der Waals surface area contributed by atoms with Gasteiger partial charge in [0.15, 0.2) is 6.10 Å². The Balaban J connectivity index is 2.04. The van der Waals surface area contributed by atoms with E-state index in [4.69, 9.17) is 21.1 Å². The zero-order valence-electron chi connectivity index (χ0n) is 14.7. The smallest absolute Gasteiger partial charge is 0.342 e. The third-order valence-corrected chi connectivity index (χ3v) is 3.93. The van der Waals surface area contributed by atoms with Crippen molar-refractivity contribution in [2.75, 3.05) is 14.2 Å². The summed E-state index contributed by atoms with van der Waals surface area (Å²) in [6, 6.07) is 10.5. The summed E-state index contributed by atoms with van der Waals surface area (Å²) in [6.07, 6.45) is -1.02. The summed E-state index contributed by atoms with van der Waals surface area (Å²) in [5.74, 6) is -1.21. The van der Waals surface area contributed by atoms with Gasteiger partial charge in [0, 0.05) is 18.6 Å². The fourth-order valence-electron chi connectivity index (χ4n) is 2.41. The quantitative estimate of drug-likeness (QED) is 0.718. The third-order valence-electron chi connectivity index (χ3n) is 3.70. The Kier molecular flexibility index (Phi) is 6.58. The van der Waals surface area contributed by atoms with Crippen molar-refractivity contribution in [1.29, 1.82) is 0 Å². The molecule has 0 heterocycles. The second-order valence-corrected chi connectivity index (χ2v) is 6.15. The number of halogens is 2. The zero-order chi connectivity index (χ0) is 19.3. The molecule has 0 aliphatic carbocycles. The van der Waals surface area contributed by atoms with Crippen LogP contribution in [-0.2, 0) is 16.1 Å². The molecule has 2 aromatic rings. The molecule has 0 saturated heterocycles. The zero-order valence-corrected chi connectivity index (χ0v) is 15.4. The molecule has 2 rings (SSSR count). The molecule has 1 amide bonds. The average Bonchev–Trinajstić information content (AvgIpc) is 2.60. The number of methoxy groups -OCH3 is 1. The minimum atomic E-state index is -1.02. The molecule has 0 radical (unpaired) electrons. The second kappa shape index (κ2) is 8.67. The molecule has 26 heavy (non-hydrogen) atoms. The first-order chi connectivity index (χ1) is 12.3. The molecule has 0 bridgehead atoms. The van der Waals surface area contributed by atoms with Crippen LogP contribution in [0.15, 0.2) is 42.5 Å². The fraction of sp³-hybridized carbons (Fsp3) is 0.263. The summed E-state index contributed by atoms with van der Waals surface area (Å²) in [4.78, 5) is 26.1. The molecule has 0 aliphatic rings. The van der Waals surface area contributed by atoms with Gasteiger partial charge in [-0.15, -0.1) is 0 Å². The number of hydrogen-bond donors (Lipinski definition) is 0. The summed E-state index contributed by atoms with van der Waals surface area (Å²) in [5, 5.41) is 0.347. The minimum absolute atomic E-state index is 0.132. The summed E-state index contributed by atoms with van der Waals surface area (Å²) >= 11 is 5.90. The maximum absolute atomic E-state index is 13.2. The van der Waals surface area contributed by atoms with Gasteiger partial charge in [-0.3, -0.25) is 4.79 Å². The Hall–Kier alpha value is -2.60. The Bertz CT molecular complexity index is 812. The predicted octanol–water partition coefficient (Wildman–Crippen LogP) is 3.69. The van der Waals surface area contributed by atoms with Crippen LogP contribution in [0.1, 0.15) is 22.8 Å². The van der Waals surface area contributed by atoms with Gasteiger partial charge in [0.1, 0.15) is 17.1 Å². The van der Waals surface area contributed by atoms with Gasteiger partial charge in [-0.05, 0) is 42.8 Å². The lowest BCUT2D eigenvalue weighted by Crippen LogP contribution is -2.37. The molecule has 1 atom stereocenters. The molecule has 2 aromatic carbocycles. The van der Waals surface area contributed by atoms with Crippen LogP contribution in [0.2, 0.25) is 5.02 Å². The van der Waals surface area contributed by atoms with Gasteiger partial charge in [-0.2, -0.15) is 0 Å². The van der Waals surface area contributed by atoms with E-state index in [1.165, 1.54) is 37.1 Å². The highest BCUT2D eigenvalue weighted by atomic mass is 35.5. The van der Waals surface area contributed by atoms with Gasteiger partial charge in [-0.25, -0.2) is 9.18 Å². The third kappa shape index (κ3) is 4.95. The second-order valence-electron chi connectivity index (χ2n) is 5.72. The Morgan fingerprint density at radius 3 is 2.62 bits per heavy atom. The van der Waals surface area contributed by atoms with Gasteiger partial charge in [0.2, 0.25) is 0 Å². The Labute approximate surface area is 156 Å². The van der Waals surface area contributed by atoms with E-state index in [9.17, 15) is 14.0 Å². The van der Waals surface area contributed by atoms with Crippen molar-refractivity contribution < 1.29 is 23.5 Å². The minimum Gasteiger partial charge on any atom is -0.496 e. The molecular weight excluding hydrogens is 361 g/mol. The molecule has 0 aliphatic heterocycles. The lowest BCUT2D eigenvalue weighted by atomic mass is 10.2. The predicted molar refractivity (Wildman–Crippen MR) is 95.8 cm³/mol. The largest absolute Gasteiger partial charge is 0.496 e. The molecule has 0 spiro atoms. The van der Waals surface area contributed by atoms with E-state index >= 15 is 0 Å². The number of carbonyl (C=O) groups excluding carboxylic acids is 2. The number of ether oxygens (including phenoxy) is 2. The molecular formula is C19H19ClFNO4. The van der Waals surface area contributed by atoms with E-state index in [0.29, 0.717) is 16.3 Å². The maximum atomic E-state index is 13.2.